The molecule has 2 saturated heterocycles. The SMILES string of the molecule is CC1CC(=O)CC2(c3ccsc3)OC(=O)C(=O)ON12. The van der Waals surface area contributed by atoms with E-state index in [9.17, 15) is 14.4 Å². The predicted molar refractivity (Wildman–Crippen MR) is 63.7 cm³/mol. The fourth-order valence-electron chi connectivity index (χ4n) is 2.53. The molecule has 100 valence electrons. The molecule has 0 bridgehead atoms. The van der Waals surface area contributed by atoms with Crippen LogP contribution in [0.15, 0.2) is 16.8 Å². The molecule has 2 unspecified atom stereocenters. The molecule has 2 aliphatic rings. The van der Waals surface area contributed by atoms with Crippen molar-refractivity contribution in [1.29, 1.82) is 0 Å². The van der Waals surface area contributed by atoms with Crippen molar-refractivity contribution in [2.75, 3.05) is 0 Å². The van der Waals surface area contributed by atoms with Crippen LogP contribution in [0.1, 0.15) is 25.3 Å². The van der Waals surface area contributed by atoms with E-state index in [1.165, 1.54) is 16.4 Å². The van der Waals surface area contributed by atoms with Crippen molar-refractivity contribution in [3.63, 3.8) is 0 Å². The van der Waals surface area contributed by atoms with E-state index in [-0.39, 0.29) is 24.7 Å². The monoisotopic (exact) mass is 281 g/mol. The third kappa shape index (κ3) is 1.77. The highest BCUT2D eigenvalue weighted by molar-refractivity contribution is 7.08. The number of hydrogen-bond donors (Lipinski definition) is 0. The molecule has 2 fully saturated rings. The van der Waals surface area contributed by atoms with Crippen molar-refractivity contribution in [2.24, 2.45) is 0 Å². The van der Waals surface area contributed by atoms with Crippen LogP contribution < -0.4 is 0 Å². The van der Waals surface area contributed by atoms with Gasteiger partial charge >= 0.3 is 11.9 Å². The molecule has 19 heavy (non-hydrogen) atoms. The summed E-state index contributed by atoms with van der Waals surface area (Å²) in [6.45, 7) is 1.75. The minimum Gasteiger partial charge on any atom is -0.427 e. The zero-order valence-corrected chi connectivity index (χ0v) is 10.9. The number of nitrogens with zero attached hydrogens (tertiary/aromatic N) is 1. The highest BCUT2D eigenvalue weighted by Gasteiger charge is 2.57. The average molecular weight is 281 g/mol. The van der Waals surface area contributed by atoms with Gasteiger partial charge in [-0.3, -0.25) is 4.79 Å². The third-order valence-corrected chi connectivity index (χ3v) is 3.98. The number of thiophene rings is 1. The average Bonchev–Trinajstić information content (AvgIpc) is 2.86. The van der Waals surface area contributed by atoms with E-state index >= 15 is 0 Å². The van der Waals surface area contributed by atoms with E-state index < -0.39 is 17.7 Å². The van der Waals surface area contributed by atoms with Crippen molar-refractivity contribution in [3.8, 4) is 0 Å². The number of hydrogen-bond acceptors (Lipinski definition) is 7. The van der Waals surface area contributed by atoms with Crippen LogP contribution in [0.5, 0.6) is 0 Å². The first-order valence-electron chi connectivity index (χ1n) is 5.82. The van der Waals surface area contributed by atoms with Crippen LogP contribution in [0, 0.1) is 0 Å². The van der Waals surface area contributed by atoms with Crippen LogP contribution in [0.25, 0.3) is 0 Å². The molecule has 0 N–H and O–H groups in total. The molecular weight excluding hydrogens is 270 g/mol. The summed E-state index contributed by atoms with van der Waals surface area (Å²) < 4.78 is 5.27. The quantitative estimate of drug-likeness (QED) is 0.564. The summed E-state index contributed by atoms with van der Waals surface area (Å²) in [6.07, 6.45) is 0.254. The maximum atomic E-state index is 11.9. The number of carbonyl (C=O) groups is 3. The second-order valence-electron chi connectivity index (χ2n) is 4.66. The van der Waals surface area contributed by atoms with Crippen LogP contribution in [0.3, 0.4) is 0 Å². The van der Waals surface area contributed by atoms with Gasteiger partial charge in [-0.2, -0.15) is 11.3 Å². The molecule has 6 nitrogen and oxygen atoms in total. The Bertz CT molecular complexity index is 554. The maximum absolute atomic E-state index is 11.9. The number of Topliss-reactive ketones (excluding diaryl/α,β-unsaturated/α-hetero) is 1. The summed E-state index contributed by atoms with van der Waals surface area (Å²) in [6, 6.07) is 1.42. The lowest BCUT2D eigenvalue weighted by molar-refractivity contribution is -0.331. The van der Waals surface area contributed by atoms with Crippen LogP contribution in [0.2, 0.25) is 0 Å². The fraction of sp³-hybridized carbons (Fsp3) is 0.417. The number of carbonyl (C=O) groups excluding carboxylic acids is 3. The fourth-order valence-corrected chi connectivity index (χ4v) is 3.24. The molecule has 7 heteroatoms. The van der Waals surface area contributed by atoms with E-state index in [1.807, 2.05) is 5.38 Å². The van der Waals surface area contributed by atoms with E-state index in [0.717, 1.165) is 0 Å². The van der Waals surface area contributed by atoms with Crippen molar-refractivity contribution >= 4 is 29.1 Å². The Morgan fingerprint density at radius 2 is 2.16 bits per heavy atom. The number of ketones is 1. The van der Waals surface area contributed by atoms with Gasteiger partial charge in [-0.15, -0.1) is 0 Å². The largest absolute Gasteiger partial charge is 0.436 e. The molecular formula is C12H11NO5S. The van der Waals surface area contributed by atoms with Crippen molar-refractivity contribution in [3.05, 3.63) is 22.4 Å². The molecule has 0 aromatic carbocycles. The lowest BCUT2D eigenvalue weighted by atomic mass is 9.89. The number of ether oxygens (including phenoxy) is 1. The zero-order chi connectivity index (χ0) is 13.6. The van der Waals surface area contributed by atoms with Crippen LogP contribution in [0.4, 0.5) is 0 Å². The summed E-state index contributed by atoms with van der Waals surface area (Å²) in [5, 5.41) is 4.93. The van der Waals surface area contributed by atoms with E-state index in [1.54, 1.807) is 18.4 Å². The first kappa shape index (κ1) is 12.3. The Labute approximate surface area is 112 Å². The van der Waals surface area contributed by atoms with E-state index in [2.05, 4.69) is 0 Å². The summed E-state index contributed by atoms with van der Waals surface area (Å²) in [5.74, 6) is -2.14. The van der Waals surface area contributed by atoms with Gasteiger partial charge < -0.3 is 9.57 Å². The van der Waals surface area contributed by atoms with Gasteiger partial charge in [0.05, 0.1) is 12.5 Å². The minimum atomic E-state index is -1.31. The predicted octanol–water partition coefficient (Wildman–Crippen LogP) is 0.969. The normalized spacial score (nSPS) is 31.6. The van der Waals surface area contributed by atoms with Gasteiger partial charge in [-0.1, -0.05) is 5.06 Å². The lowest BCUT2D eigenvalue weighted by Gasteiger charge is -2.48. The Hall–Kier alpha value is -1.73. The van der Waals surface area contributed by atoms with Crippen molar-refractivity contribution in [1.82, 2.24) is 5.06 Å². The van der Waals surface area contributed by atoms with Crippen LogP contribution in [-0.2, 0) is 29.7 Å². The first-order valence-corrected chi connectivity index (χ1v) is 6.76. The maximum Gasteiger partial charge on any atom is 0.436 e. The second-order valence-corrected chi connectivity index (χ2v) is 5.44. The molecule has 0 radical (unpaired) electrons. The Morgan fingerprint density at radius 3 is 2.84 bits per heavy atom. The molecule has 0 aliphatic carbocycles. The smallest absolute Gasteiger partial charge is 0.427 e. The number of fused-ring (bicyclic) bond motifs is 1. The second kappa shape index (κ2) is 4.14. The summed E-state index contributed by atoms with van der Waals surface area (Å²) in [5.41, 5.74) is -0.655. The summed E-state index contributed by atoms with van der Waals surface area (Å²) in [4.78, 5) is 39.8. The first-order chi connectivity index (χ1) is 9.03. The minimum absolute atomic E-state index is 0.00685. The topological polar surface area (TPSA) is 72.9 Å². The molecule has 1 aromatic rings. The molecule has 3 rings (SSSR count). The molecule has 1 aromatic heterocycles. The molecule has 0 saturated carbocycles. The number of rotatable bonds is 1. The number of hydroxylamine groups is 2. The highest BCUT2D eigenvalue weighted by atomic mass is 32.1. The van der Waals surface area contributed by atoms with E-state index in [4.69, 9.17) is 9.57 Å². The van der Waals surface area contributed by atoms with Crippen LogP contribution >= 0.6 is 11.3 Å². The molecule has 3 heterocycles. The van der Waals surface area contributed by atoms with Crippen molar-refractivity contribution < 1.29 is 24.0 Å². The van der Waals surface area contributed by atoms with Crippen LogP contribution in [-0.4, -0.2) is 28.8 Å². The number of esters is 1. The standard InChI is InChI=1S/C12H11NO5S/c1-7-4-9(14)5-12(8-2-3-19-6-8)13(7)18-11(16)10(15)17-12/h2-3,6-7H,4-5H2,1H3. The van der Waals surface area contributed by atoms with Gasteiger partial charge in [-0.05, 0) is 23.8 Å². The molecule has 0 spiro atoms. The third-order valence-electron chi connectivity index (χ3n) is 3.30. The Morgan fingerprint density at radius 1 is 1.37 bits per heavy atom. The van der Waals surface area contributed by atoms with Gasteiger partial charge in [0.15, 0.2) is 0 Å². The van der Waals surface area contributed by atoms with Gasteiger partial charge in [0.25, 0.3) is 0 Å². The number of piperidine rings is 1. The zero-order valence-electron chi connectivity index (χ0n) is 10.1. The Kier molecular flexibility index (Phi) is 2.68. The lowest BCUT2D eigenvalue weighted by Crippen LogP contribution is -2.62. The van der Waals surface area contributed by atoms with Gasteiger partial charge in [0, 0.05) is 12.0 Å². The molecule has 0 amide bonds. The Balaban J connectivity index is 2.10. The molecule has 2 atom stereocenters. The summed E-state index contributed by atoms with van der Waals surface area (Å²) in [7, 11) is 0. The van der Waals surface area contributed by atoms with E-state index in [0.29, 0.717) is 5.56 Å². The van der Waals surface area contributed by atoms with Gasteiger partial charge in [0.1, 0.15) is 5.78 Å². The molecule has 2 aliphatic heterocycles. The van der Waals surface area contributed by atoms with Crippen molar-refractivity contribution in [2.45, 2.75) is 31.5 Å². The van der Waals surface area contributed by atoms with Gasteiger partial charge in [-0.25, -0.2) is 9.59 Å². The summed E-state index contributed by atoms with van der Waals surface area (Å²) >= 11 is 1.42. The highest BCUT2D eigenvalue weighted by Crippen LogP contribution is 2.43. The van der Waals surface area contributed by atoms with Gasteiger partial charge in [0.2, 0.25) is 5.72 Å².